The van der Waals surface area contributed by atoms with Crippen LogP contribution in [-0.2, 0) is 25.9 Å². The minimum atomic E-state index is -0.646. The lowest BCUT2D eigenvalue weighted by molar-refractivity contribution is -0.274. The molecule has 1 aromatic heterocycles. The number of hydrogen-bond donors (Lipinski definition) is 1. The number of carbonyl (C=O) groups excluding carboxylic acids is 2. The lowest BCUT2D eigenvalue weighted by Gasteiger charge is -2.18. The fourth-order valence-corrected chi connectivity index (χ4v) is 2.81. The second-order valence-electron chi connectivity index (χ2n) is 6.81. The van der Waals surface area contributed by atoms with Crippen LogP contribution in [0, 0.1) is 0 Å². The van der Waals surface area contributed by atoms with Gasteiger partial charge in [-0.05, 0) is 32.8 Å². The van der Waals surface area contributed by atoms with Gasteiger partial charge in [-0.25, -0.2) is 14.6 Å². The van der Waals surface area contributed by atoms with Crippen molar-refractivity contribution in [3.05, 3.63) is 53.0 Å². The first-order valence-corrected chi connectivity index (χ1v) is 9.70. The topological polar surface area (TPSA) is 86.8 Å². The number of carbonyl (C=O) groups is 2. The number of benzene rings is 1. The predicted octanol–water partition coefficient (Wildman–Crippen LogP) is 4.96. The average molecular weight is 404 g/mol. The van der Waals surface area contributed by atoms with Crippen molar-refractivity contribution >= 4 is 34.1 Å². The highest BCUT2D eigenvalue weighted by atomic mass is 32.1. The molecule has 28 heavy (non-hydrogen) atoms. The molecular formula is C20H24N2O5S. The summed E-state index contributed by atoms with van der Waals surface area (Å²) in [5, 5.41) is 4.54. The number of nitrogens with zero attached hydrogens (tertiary/aromatic N) is 1. The summed E-state index contributed by atoms with van der Waals surface area (Å²) in [6, 6.07) is 9.37. The molecule has 0 saturated heterocycles. The summed E-state index contributed by atoms with van der Waals surface area (Å²) in [5.41, 5.74) is 0.932. The van der Waals surface area contributed by atoms with Crippen molar-refractivity contribution in [1.29, 1.82) is 0 Å². The van der Waals surface area contributed by atoms with E-state index < -0.39 is 17.7 Å². The van der Waals surface area contributed by atoms with Gasteiger partial charge in [-0.3, -0.25) is 10.2 Å². The van der Waals surface area contributed by atoms with Crippen molar-refractivity contribution in [3.63, 3.8) is 0 Å². The molecule has 0 aliphatic carbocycles. The Morgan fingerprint density at radius 2 is 1.93 bits per heavy atom. The highest BCUT2D eigenvalue weighted by Crippen LogP contribution is 2.24. The Morgan fingerprint density at radius 1 is 1.21 bits per heavy atom. The van der Waals surface area contributed by atoms with E-state index in [1.54, 1.807) is 32.2 Å². The summed E-state index contributed by atoms with van der Waals surface area (Å²) in [4.78, 5) is 38.5. The number of nitrogens with one attached hydrogen (secondary N) is 1. The third-order valence-electron chi connectivity index (χ3n) is 3.22. The maximum atomic E-state index is 12.4. The van der Waals surface area contributed by atoms with Crippen LogP contribution < -0.4 is 5.32 Å². The van der Waals surface area contributed by atoms with E-state index in [-0.39, 0.29) is 12.2 Å². The van der Waals surface area contributed by atoms with Crippen molar-refractivity contribution in [2.24, 2.45) is 0 Å². The molecule has 0 atom stereocenters. The maximum absolute atomic E-state index is 12.4. The van der Waals surface area contributed by atoms with Gasteiger partial charge in [-0.2, -0.15) is 4.89 Å². The van der Waals surface area contributed by atoms with Gasteiger partial charge in [0.25, 0.3) is 0 Å². The molecule has 2 rings (SSSR count). The lowest BCUT2D eigenvalue weighted by atomic mass is 10.2. The van der Waals surface area contributed by atoms with Crippen LogP contribution in [-0.4, -0.2) is 22.6 Å². The minimum Gasteiger partial charge on any atom is -0.444 e. The van der Waals surface area contributed by atoms with Crippen LogP contribution >= 0.6 is 11.3 Å². The first-order chi connectivity index (χ1) is 13.3. The van der Waals surface area contributed by atoms with Crippen molar-refractivity contribution in [1.82, 2.24) is 4.98 Å². The standard InChI is InChI=1S/C20H24N2O5S/c1-5-9-15(17(23)27-25-12-14-10-7-6-8-11-14)16-13-28-18(21-16)22-19(24)26-20(2,3)4/h6-11,13H,5,12H2,1-4H3,(H,21,22,24)/b15-9+. The van der Waals surface area contributed by atoms with Gasteiger partial charge >= 0.3 is 12.1 Å². The van der Waals surface area contributed by atoms with Crippen LogP contribution in [0.2, 0.25) is 0 Å². The first kappa shape index (κ1) is 21.6. The van der Waals surface area contributed by atoms with Crippen LogP contribution in [0.25, 0.3) is 5.57 Å². The van der Waals surface area contributed by atoms with Gasteiger partial charge in [0.05, 0.1) is 11.3 Å². The smallest absolute Gasteiger partial charge is 0.413 e. The molecule has 0 radical (unpaired) electrons. The monoisotopic (exact) mass is 404 g/mol. The molecule has 8 heteroatoms. The molecule has 1 amide bonds. The Bertz CT molecular complexity index is 825. The summed E-state index contributed by atoms with van der Waals surface area (Å²) in [7, 11) is 0. The highest BCUT2D eigenvalue weighted by molar-refractivity contribution is 7.14. The number of aromatic nitrogens is 1. The second kappa shape index (κ2) is 10.0. The van der Waals surface area contributed by atoms with Crippen LogP contribution in [0.3, 0.4) is 0 Å². The summed E-state index contributed by atoms with van der Waals surface area (Å²) in [6.45, 7) is 7.35. The van der Waals surface area contributed by atoms with E-state index in [1.807, 2.05) is 37.3 Å². The molecule has 0 unspecified atom stereocenters. The molecule has 0 bridgehead atoms. The Labute approximate surface area is 168 Å². The predicted molar refractivity (Wildman–Crippen MR) is 108 cm³/mol. The van der Waals surface area contributed by atoms with E-state index in [9.17, 15) is 9.59 Å². The van der Waals surface area contributed by atoms with E-state index in [1.165, 1.54) is 11.3 Å². The molecule has 150 valence electrons. The second-order valence-corrected chi connectivity index (χ2v) is 7.67. The fourth-order valence-electron chi connectivity index (χ4n) is 2.11. The molecule has 0 aliphatic rings. The Morgan fingerprint density at radius 3 is 2.57 bits per heavy atom. The minimum absolute atomic E-state index is 0.147. The molecule has 0 saturated carbocycles. The molecule has 0 spiro atoms. The van der Waals surface area contributed by atoms with Gasteiger partial charge in [-0.1, -0.05) is 43.3 Å². The molecule has 7 nitrogen and oxygen atoms in total. The van der Waals surface area contributed by atoms with Gasteiger partial charge in [0, 0.05) is 5.38 Å². The third kappa shape index (κ3) is 7.13. The Balaban J connectivity index is 1.97. The lowest BCUT2D eigenvalue weighted by Crippen LogP contribution is -2.27. The van der Waals surface area contributed by atoms with E-state index in [0.29, 0.717) is 17.2 Å². The van der Waals surface area contributed by atoms with Gasteiger partial charge < -0.3 is 4.74 Å². The van der Waals surface area contributed by atoms with Gasteiger partial charge in [0.2, 0.25) is 0 Å². The Hall–Kier alpha value is -2.71. The number of thiazole rings is 1. The van der Waals surface area contributed by atoms with Crippen molar-refractivity contribution in [2.45, 2.75) is 46.3 Å². The maximum Gasteiger partial charge on any atom is 0.413 e. The summed E-state index contributed by atoms with van der Waals surface area (Å²) in [6.07, 6.45) is 1.69. The van der Waals surface area contributed by atoms with Crippen LogP contribution in [0.1, 0.15) is 45.4 Å². The zero-order valence-electron chi connectivity index (χ0n) is 16.4. The molecule has 1 heterocycles. The van der Waals surface area contributed by atoms with E-state index in [4.69, 9.17) is 14.5 Å². The number of hydrogen-bond acceptors (Lipinski definition) is 7. The zero-order chi connectivity index (χ0) is 20.6. The molecule has 0 aliphatic heterocycles. The normalized spacial score (nSPS) is 11.8. The SMILES string of the molecule is CC/C=C(/C(=O)OOCc1ccccc1)c1csc(NC(=O)OC(C)(C)C)n1. The number of rotatable bonds is 7. The fraction of sp³-hybridized carbons (Fsp3) is 0.350. The van der Waals surface area contributed by atoms with Crippen molar-refractivity contribution in [2.75, 3.05) is 5.32 Å². The van der Waals surface area contributed by atoms with Gasteiger partial charge in [0.1, 0.15) is 12.2 Å². The van der Waals surface area contributed by atoms with Gasteiger partial charge in [0.15, 0.2) is 5.13 Å². The molecule has 0 fully saturated rings. The molecule has 2 aromatic rings. The average Bonchev–Trinajstić information content (AvgIpc) is 3.06. The zero-order valence-corrected chi connectivity index (χ0v) is 17.2. The molecule has 1 N–H and O–H groups in total. The Kier molecular flexibility index (Phi) is 7.71. The van der Waals surface area contributed by atoms with Crippen LogP contribution in [0.4, 0.5) is 9.93 Å². The number of anilines is 1. The largest absolute Gasteiger partial charge is 0.444 e. The van der Waals surface area contributed by atoms with E-state index in [0.717, 1.165) is 5.56 Å². The highest BCUT2D eigenvalue weighted by Gasteiger charge is 2.20. The van der Waals surface area contributed by atoms with E-state index >= 15 is 0 Å². The van der Waals surface area contributed by atoms with Crippen molar-refractivity contribution < 1.29 is 24.1 Å². The third-order valence-corrected chi connectivity index (χ3v) is 3.98. The molecular weight excluding hydrogens is 380 g/mol. The quantitative estimate of drug-likeness (QED) is 0.399. The summed E-state index contributed by atoms with van der Waals surface area (Å²) in [5.74, 6) is -0.646. The summed E-state index contributed by atoms with van der Waals surface area (Å²) < 4.78 is 5.19. The number of allylic oxidation sites excluding steroid dienone is 1. The van der Waals surface area contributed by atoms with Crippen LogP contribution in [0.15, 0.2) is 41.8 Å². The van der Waals surface area contributed by atoms with Crippen LogP contribution in [0.5, 0.6) is 0 Å². The van der Waals surface area contributed by atoms with Crippen molar-refractivity contribution in [3.8, 4) is 0 Å². The van der Waals surface area contributed by atoms with Gasteiger partial charge in [-0.15, -0.1) is 11.3 Å². The number of ether oxygens (including phenoxy) is 1. The van der Waals surface area contributed by atoms with E-state index in [2.05, 4.69) is 10.3 Å². The first-order valence-electron chi connectivity index (χ1n) is 8.82. The summed E-state index contributed by atoms with van der Waals surface area (Å²) >= 11 is 1.18. The molecule has 1 aromatic carbocycles. The number of amides is 1.